The Morgan fingerprint density at radius 2 is 2.07 bits per heavy atom. The minimum absolute atomic E-state index is 0.103. The van der Waals surface area contributed by atoms with E-state index in [1.165, 1.54) is 0 Å². The van der Waals surface area contributed by atoms with Gasteiger partial charge in [-0.25, -0.2) is 0 Å². The van der Waals surface area contributed by atoms with Crippen LogP contribution < -0.4 is 0 Å². The van der Waals surface area contributed by atoms with Crippen molar-refractivity contribution >= 4 is 23.5 Å². The number of nitrogens with one attached hydrogen (secondary N) is 1. The van der Waals surface area contributed by atoms with Crippen LogP contribution in [0.5, 0.6) is 0 Å². The second-order valence-electron chi connectivity index (χ2n) is 7.16. The average Bonchev–Trinajstić information content (AvgIpc) is 3.03. The Kier molecular flexibility index (Phi) is 6.37. The van der Waals surface area contributed by atoms with Crippen LogP contribution in [0.2, 0.25) is 0 Å². The molecule has 1 unspecified atom stereocenters. The zero-order valence-electron chi connectivity index (χ0n) is 16.2. The Morgan fingerprint density at radius 3 is 2.78 bits per heavy atom. The number of amides is 1. The first-order valence-electron chi connectivity index (χ1n) is 9.46. The van der Waals surface area contributed by atoms with Crippen LogP contribution in [0.3, 0.4) is 0 Å². The van der Waals surface area contributed by atoms with Crippen molar-refractivity contribution in [1.82, 2.24) is 15.1 Å². The number of nitrogens with zero attached hydrogens (tertiary/aromatic N) is 2. The maximum atomic E-state index is 13.0. The van der Waals surface area contributed by atoms with Crippen LogP contribution >= 0.6 is 11.8 Å². The minimum atomic E-state index is -0.103. The molecule has 2 aromatic rings. The van der Waals surface area contributed by atoms with Gasteiger partial charge in [-0.05, 0) is 51.0 Å². The van der Waals surface area contributed by atoms with Crippen molar-refractivity contribution in [3.8, 4) is 0 Å². The molecule has 0 radical (unpaired) electrons. The number of benzene rings is 1. The lowest BCUT2D eigenvalue weighted by molar-refractivity contribution is -0.132. The number of likely N-dealkylation sites (tertiary alicyclic amines) is 1. The third kappa shape index (κ3) is 4.43. The standard InChI is InChI=1S/C21H27N3O2S/c1-14-17(15(2)23-22-14)10-11-20(25)24-12-6-7-16(13-24)21(26)18-8-4-5-9-19(18)27-3/h4-5,8-9,16H,6-7,10-13H2,1-3H3,(H,22,23). The summed E-state index contributed by atoms with van der Waals surface area (Å²) in [5.41, 5.74) is 3.90. The van der Waals surface area contributed by atoms with E-state index in [0.29, 0.717) is 19.4 Å². The maximum absolute atomic E-state index is 13.0. The van der Waals surface area contributed by atoms with Gasteiger partial charge in [0.1, 0.15) is 0 Å². The van der Waals surface area contributed by atoms with E-state index >= 15 is 0 Å². The molecule has 0 saturated carbocycles. The summed E-state index contributed by atoms with van der Waals surface area (Å²) in [7, 11) is 0. The lowest BCUT2D eigenvalue weighted by Gasteiger charge is -2.32. The fourth-order valence-corrected chi connectivity index (χ4v) is 4.42. The van der Waals surface area contributed by atoms with Gasteiger partial charge in [0.15, 0.2) is 5.78 Å². The minimum Gasteiger partial charge on any atom is -0.342 e. The summed E-state index contributed by atoms with van der Waals surface area (Å²) >= 11 is 1.59. The van der Waals surface area contributed by atoms with Crippen LogP contribution in [-0.2, 0) is 11.2 Å². The number of aromatic nitrogens is 2. The van der Waals surface area contributed by atoms with Crippen molar-refractivity contribution in [2.24, 2.45) is 5.92 Å². The van der Waals surface area contributed by atoms with E-state index in [1.807, 2.05) is 49.3 Å². The third-order valence-electron chi connectivity index (χ3n) is 5.39. The molecule has 144 valence electrons. The quantitative estimate of drug-likeness (QED) is 0.607. The van der Waals surface area contributed by atoms with E-state index in [4.69, 9.17) is 0 Å². The van der Waals surface area contributed by atoms with Gasteiger partial charge in [-0.3, -0.25) is 14.7 Å². The summed E-state index contributed by atoms with van der Waals surface area (Å²) in [6.07, 6.45) is 4.88. The molecule has 1 aromatic heterocycles. The molecule has 2 heterocycles. The molecule has 5 nitrogen and oxygen atoms in total. The average molecular weight is 386 g/mol. The third-order valence-corrected chi connectivity index (χ3v) is 6.18. The summed E-state index contributed by atoms with van der Waals surface area (Å²) in [4.78, 5) is 28.6. The molecule has 1 atom stereocenters. The Balaban J connectivity index is 1.63. The first-order valence-corrected chi connectivity index (χ1v) is 10.7. The van der Waals surface area contributed by atoms with Crippen LogP contribution in [0, 0.1) is 19.8 Å². The smallest absolute Gasteiger partial charge is 0.222 e. The molecule has 3 rings (SSSR count). The van der Waals surface area contributed by atoms with Crippen molar-refractivity contribution < 1.29 is 9.59 Å². The lowest BCUT2D eigenvalue weighted by atomic mass is 9.89. The molecule has 1 amide bonds. The summed E-state index contributed by atoms with van der Waals surface area (Å²) in [6.45, 7) is 5.22. The molecule has 0 bridgehead atoms. The monoisotopic (exact) mass is 385 g/mol. The van der Waals surface area contributed by atoms with Gasteiger partial charge >= 0.3 is 0 Å². The fourth-order valence-electron chi connectivity index (χ4n) is 3.82. The number of carbonyl (C=O) groups excluding carboxylic acids is 2. The van der Waals surface area contributed by atoms with E-state index < -0.39 is 0 Å². The number of carbonyl (C=O) groups is 2. The predicted octanol–water partition coefficient (Wildman–Crippen LogP) is 3.80. The van der Waals surface area contributed by atoms with Crippen molar-refractivity contribution in [3.05, 3.63) is 46.8 Å². The Morgan fingerprint density at radius 1 is 1.30 bits per heavy atom. The van der Waals surface area contributed by atoms with Crippen molar-refractivity contribution in [3.63, 3.8) is 0 Å². The van der Waals surface area contributed by atoms with Gasteiger partial charge in [0, 0.05) is 41.6 Å². The SMILES string of the molecule is CSc1ccccc1C(=O)C1CCCN(C(=O)CCc2c(C)n[nH]c2C)C1. The van der Waals surface area contributed by atoms with Crippen LogP contribution in [0.25, 0.3) is 0 Å². The number of piperidine rings is 1. The van der Waals surface area contributed by atoms with Crippen molar-refractivity contribution in [2.75, 3.05) is 19.3 Å². The van der Waals surface area contributed by atoms with Crippen LogP contribution in [0.15, 0.2) is 29.2 Å². The summed E-state index contributed by atoms with van der Waals surface area (Å²) in [6, 6.07) is 7.76. The Bertz CT molecular complexity index is 811. The molecule has 1 aliphatic heterocycles. The second kappa shape index (κ2) is 8.74. The van der Waals surface area contributed by atoms with Gasteiger partial charge in [-0.1, -0.05) is 18.2 Å². The highest BCUT2D eigenvalue weighted by atomic mass is 32.2. The van der Waals surface area contributed by atoms with Crippen LogP contribution in [0.1, 0.15) is 46.6 Å². The van der Waals surface area contributed by atoms with E-state index in [9.17, 15) is 9.59 Å². The highest BCUT2D eigenvalue weighted by Gasteiger charge is 2.29. The molecule has 1 fully saturated rings. The fraction of sp³-hybridized carbons (Fsp3) is 0.476. The number of hydrogen-bond acceptors (Lipinski definition) is 4. The van der Waals surface area contributed by atoms with Gasteiger partial charge in [-0.15, -0.1) is 11.8 Å². The van der Waals surface area contributed by atoms with Crippen LogP contribution in [0.4, 0.5) is 0 Å². The topological polar surface area (TPSA) is 66.1 Å². The van der Waals surface area contributed by atoms with Gasteiger partial charge in [0.2, 0.25) is 5.91 Å². The van der Waals surface area contributed by atoms with Gasteiger partial charge in [-0.2, -0.15) is 5.10 Å². The molecule has 1 aliphatic rings. The lowest BCUT2D eigenvalue weighted by Crippen LogP contribution is -2.42. The molecular formula is C21H27N3O2S. The summed E-state index contributed by atoms with van der Waals surface area (Å²) < 4.78 is 0. The first-order chi connectivity index (χ1) is 13.0. The molecule has 0 aliphatic carbocycles. The molecule has 1 saturated heterocycles. The van der Waals surface area contributed by atoms with Crippen LogP contribution in [-0.4, -0.2) is 46.1 Å². The molecule has 0 spiro atoms. The number of ketones is 1. The zero-order valence-corrected chi connectivity index (χ0v) is 17.1. The van der Waals surface area contributed by atoms with E-state index in [1.54, 1.807) is 11.8 Å². The van der Waals surface area contributed by atoms with Crippen molar-refractivity contribution in [1.29, 1.82) is 0 Å². The summed E-state index contributed by atoms with van der Waals surface area (Å²) in [5.74, 6) is 0.193. The first kappa shape index (κ1) is 19.7. The van der Waals surface area contributed by atoms with Gasteiger partial charge < -0.3 is 4.90 Å². The van der Waals surface area contributed by atoms with Crippen molar-refractivity contribution in [2.45, 2.75) is 44.4 Å². The second-order valence-corrected chi connectivity index (χ2v) is 8.00. The highest BCUT2D eigenvalue weighted by Crippen LogP contribution is 2.27. The normalized spacial score (nSPS) is 17.1. The number of thioether (sulfide) groups is 1. The number of aromatic amines is 1. The molecule has 6 heteroatoms. The number of Topliss-reactive ketones (excluding diaryl/α,β-unsaturated/α-hetero) is 1. The van der Waals surface area contributed by atoms with Gasteiger partial charge in [0.05, 0.1) is 5.69 Å². The van der Waals surface area contributed by atoms with E-state index in [-0.39, 0.29) is 17.6 Å². The Labute approximate surface area is 164 Å². The number of aryl methyl sites for hydroxylation is 2. The maximum Gasteiger partial charge on any atom is 0.222 e. The molecule has 1 N–H and O–H groups in total. The zero-order chi connectivity index (χ0) is 19.4. The number of hydrogen-bond donors (Lipinski definition) is 1. The molecular weight excluding hydrogens is 358 g/mol. The number of rotatable bonds is 6. The highest BCUT2D eigenvalue weighted by molar-refractivity contribution is 7.98. The molecule has 1 aromatic carbocycles. The molecule has 27 heavy (non-hydrogen) atoms. The summed E-state index contributed by atoms with van der Waals surface area (Å²) in [5, 5.41) is 7.16. The predicted molar refractivity (Wildman–Crippen MR) is 108 cm³/mol. The van der Waals surface area contributed by atoms with Gasteiger partial charge in [0.25, 0.3) is 0 Å². The van der Waals surface area contributed by atoms with E-state index in [2.05, 4.69) is 10.2 Å². The largest absolute Gasteiger partial charge is 0.342 e. The Hall–Kier alpha value is -2.08. The number of H-pyrrole nitrogens is 1. The van der Waals surface area contributed by atoms with E-state index in [0.717, 1.165) is 46.8 Å².